The van der Waals surface area contributed by atoms with E-state index in [4.69, 9.17) is 21.2 Å². The van der Waals surface area contributed by atoms with Gasteiger partial charge in [-0.1, -0.05) is 90.2 Å². The monoisotopic (exact) mass is 482 g/mol. The first kappa shape index (κ1) is 32.6. The van der Waals surface area contributed by atoms with E-state index in [1.807, 2.05) is 6.92 Å². The maximum Gasteiger partial charge on any atom is 0.375 e. The van der Waals surface area contributed by atoms with Crippen LogP contribution in [-0.2, 0) is 19.4 Å². The lowest BCUT2D eigenvalue weighted by molar-refractivity contribution is -0.263. The highest BCUT2D eigenvalue weighted by molar-refractivity contribution is 5.81. The zero-order valence-corrected chi connectivity index (χ0v) is 22.3. The Morgan fingerprint density at radius 1 is 0.676 bits per heavy atom. The summed E-state index contributed by atoms with van der Waals surface area (Å²) in [5.41, 5.74) is 10.7. The molecule has 0 aliphatic rings. The van der Waals surface area contributed by atoms with Crippen molar-refractivity contribution in [2.45, 2.75) is 148 Å². The first-order valence-corrected chi connectivity index (χ1v) is 14.1. The summed E-state index contributed by atoms with van der Waals surface area (Å²) in [5, 5.41) is 0. The summed E-state index contributed by atoms with van der Waals surface area (Å²) in [5.74, 6) is -1.17. The number of carbonyl (C=O) groups excluding carboxylic acids is 2. The maximum atomic E-state index is 12.4. The van der Waals surface area contributed by atoms with Crippen LogP contribution in [0.5, 0.6) is 0 Å². The quantitative estimate of drug-likeness (QED) is 0.0700. The molecule has 1 atom stereocenters. The third kappa shape index (κ3) is 19.0. The summed E-state index contributed by atoms with van der Waals surface area (Å²) in [6.07, 6.45) is 24.8. The predicted molar refractivity (Wildman–Crippen MR) is 141 cm³/mol. The number of nitrogens with two attached hydrogens (primary N) is 2. The van der Waals surface area contributed by atoms with Gasteiger partial charge in [-0.25, -0.2) is 19.4 Å². The van der Waals surface area contributed by atoms with Crippen molar-refractivity contribution in [1.29, 1.82) is 0 Å². The molecule has 0 saturated carbocycles. The van der Waals surface area contributed by atoms with Crippen LogP contribution in [0.25, 0.3) is 0 Å². The molecule has 0 aliphatic carbocycles. The lowest BCUT2D eigenvalue weighted by Crippen LogP contribution is -2.49. The van der Waals surface area contributed by atoms with Crippen LogP contribution in [-0.4, -0.2) is 24.0 Å². The van der Waals surface area contributed by atoms with Crippen molar-refractivity contribution < 1.29 is 19.4 Å². The Morgan fingerprint density at radius 3 is 1.79 bits per heavy atom. The summed E-state index contributed by atoms with van der Waals surface area (Å²) < 4.78 is 0. The van der Waals surface area contributed by atoms with E-state index < -0.39 is 17.5 Å². The Bertz CT molecular complexity index is 525. The third-order valence-corrected chi connectivity index (χ3v) is 6.31. The molecule has 6 heteroatoms. The van der Waals surface area contributed by atoms with E-state index in [1.54, 1.807) is 0 Å². The molecular weight excluding hydrogens is 428 g/mol. The van der Waals surface area contributed by atoms with Crippen LogP contribution in [0.1, 0.15) is 142 Å². The molecular formula is C28H54N2O4. The van der Waals surface area contributed by atoms with Gasteiger partial charge in [0.2, 0.25) is 0 Å². The second-order valence-corrected chi connectivity index (χ2v) is 9.67. The number of hydrogen-bond donors (Lipinski definition) is 2. The molecule has 1 unspecified atom stereocenters. The first-order chi connectivity index (χ1) is 16.5. The minimum atomic E-state index is -1.12. The van der Waals surface area contributed by atoms with Crippen molar-refractivity contribution in [2.75, 3.05) is 6.54 Å². The van der Waals surface area contributed by atoms with Gasteiger partial charge in [0.05, 0.1) is 6.42 Å². The number of rotatable bonds is 23. The first-order valence-electron chi connectivity index (χ1n) is 14.1. The summed E-state index contributed by atoms with van der Waals surface area (Å²) in [6, 6.07) is 0. The molecule has 34 heavy (non-hydrogen) atoms. The van der Waals surface area contributed by atoms with Gasteiger partial charge in [0, 0.05) is 0 Å². The smallest absolute Gasteiger partial charge is 0.330 e. The highest BCUT2D eigenvalue weighted by Crippen LogP contribution is 2.21. The molecule has 0 rings (SSSR count). The van der Waals surface area contributed by atoms with E-state index in [9.17, 15) is 9.59 Å². The lowest BCUT2D eigenvalue weighted by Gasteiger charge is -2.25. The van der Waals surface area contributed by atoms with Crippen LogP contribution in [0.15, 0.2) is 12.2 Å². The second-order valence-electron chi connectivity index (χ2n) is 9.67. The SMILES string of the molecule is CCCCCCCC/C=C\CCCCCCCC(=O)OOC(=O)C(N)(CCCC)CCCCN. The van der Waals surface area contributed by atoms with Crippen LogP contribution < -0.4 is 11.5 Å². The number of hydrogen-bond acceptors (Lipinski definition) is 6. The lowest BCUT2D eigenvalue weighted by atomic mass is 9.88. The Labute approximate surface area is 209 Å². The fourth-order valence-corrected chi connectivity index (χ4v) is 3.96. The van der Waals surface area contributed by atoms with E-state index in [0.717, 1.165) is 51.4 Å². The fourth-order valence-electron chi connectivity index (χ4n) is 3.96. The molecule has 0 amide bonds. The average molecular weight is 483 g/mol. The van der Waals surface area contributed by atoms with Crippen molar-refractivity contribution in [2.24, 2.45) is 11.5 Å². The van der Waals surface area contributed by atoms with Crippen molar-refractivity contribution in [1.82, 2.24) is 0 Å². The molecule has 0 saturated heterocycles. The summed E-state index contributed by atoms with van der Waals surface area (Å²) in [4.78, 5) is 33.9. The van der Waals surface area contributed by atoms with Crippen LogP contribution in [0.3, 0.4) is 0 Å². The number of unbranched alkanes of at least 4 members (excludes halogenated alkanes) is 13. The Kier molecular flexibility index (Phi) is 22.4. The highest BCUT2D eigenvalue weighted by Gasteiger charge is 2.36. The van der Waals surface area contributed by atoms with Gasteiger partial charge in [-0.15, -0.1) is 0 Å². The van der Waals surface area contributed by atoms with Crippen LogP contribution >= 0.6 is 0 Å². The van der Waals surface area contributed by atoms with Gasteiger partial charge in [0.1, 0.15) is 5.54 Å². The molecule has 0 aromatic rings. The predicted octanol–water partition coefficient (Wildman–Crippen LogP) is 7.04. The van der Waals surface area contributed by atoms with Crippen molar-refractivity contribution >= 4 is 11.9 Å². The van der Waals surface area contributed by atoms with Gasteiger partial charge in [0.25, 0.3) is 0 Å². The standard InChI is InChI=1S/C28H54N2O4/c1-3-5-7-8-9-10-11-12-13-14-15-16-17-18-19-22-26(31)33-34-27(32)28(30,23-6-4-2)24-20-21-25-29/h12-13H,3-11,14-25,29-30H2,1-2H3/b13-12-. The minimum Gasteiger partial charge on any atom is -0.330 e. The molecule has 0 aliphatic heterocycles. The van der Waals surface area contributed by atoms with Crippen LogP contribution in [0.4, 0.5) is 0 Å². The maximum absolute atomic E-state index is 12.4. The van der Waals surface area contributed by atoms with E-state index in [2.05, 4.69) is 19.1 Å². The normalized spacial score (nSPS) is 13.2. The Balaban J connectivity index is 3.78. The molecule has 4 N–H and O–H groups in total. The fraction of sp³-hybridized carbons (Fsp3) is 0.857. The summed E-state index contributed by atoms with van der Waals surface area (Å²) in [6.45, 7) is 4.85. The van der Waals surface area contributed by atoms with E-state index >= 15 is 0 Å². The zero-order valence-electron chi connectivity index (χ0n) is 22.3. The molecule has 0 heterocycles. The van der Waals surface area contributed by atoms with Crippen LogP contribution in [0, 0.1) is 0 Å². The second kappa shape index (κ2) is 23.3. The Morgan fingerprint density at radius 2 is 1.21 bits per heavy atom. The molecule has 0 aromatic heterocycles. The molecule has 0 fully saturated rings. The molecule has 0 spiro atoms. The highest BCUT2D eigenvalue weighted by atomic mass is 17.2. The van der Waals surface area contributed by atoms with Crippen molar-refractivity contribution in [3.05, 3.63) is 12.2 Å². The third-order valence-electron chi connectivity index (χ3n) is 6.31. The van der Waals surface area contributed by atoms with Crippen molar-refractivity contribution in [3.63, 3.8) is 0 Å². The van der Waals surface area contributed by atoms with Gasteiger partial charge >= 0.3 is 11.9 Å². The molecule has 0 radical (unpaired) electrons. The van der Waals surface area contributed by atoms with Gasteiger partial charge in [-0.3, -0.25) is 0 Å². The van der Waals surface area contributed by atoms with Gasteiger partial charge in [0.15, 0.2) is 0 Å². The van der Waals surface area contributed by atoms with E-state index in [-0.39, 0.29) is 6.42 Å². The molecule has 6 nitrogen and oxygen atoms in total. The van der Waals surface area contributed by atoms with E-state index in [0.29, 0.717) is 19.4 Å². The van der Waals surface area contributed by atoms with Crippen LogP contribution in [0.2, 0.25) is 0 Å². The molecule has 0 aromatic carbocycles. The molecule has 0 bridgehead atoms. The summed E-state index contributed by atoms with van der Waals surface area (Å²) in [7, 11) is 0. The van der Waals surface area contributed by atoms with Crippen molar-refractivity contribution in [3.8, 4) is 0 Å². The number of carbonyl (C=O) groups is 2. The summed E-state index contributed by atoms with van der Waals surface area (Å²) >= 11 is 0. The number of allylic oxidation sites excluding steroid dienone is 2. The largest absolute Gasteiger partial charge is 0.375 e. The van der Waals surface area contributed by atoms with Gasteiger partial charge in [-0.2, -0.15) is 0 Å². The van der Waals surface area contributed by atoms with E-state index in [1.165, 1.54) is 57.8 Å². The topological polar surface area (TPSA) is 105 Å². The zero-order chi connectivity index (χ0) is 25.3. The minimum absolute atomic E-state index is 0.255. The average Bonchev–Trinajstić information content (AvgIpc) is 2.83. The van der Waals surface area contributed by atoms with Gasteiger partial charge < -0.3 is 11.5 Å². The Hall–Kier alpha value is -1.40. The molecule has 200 valence electrons. The van der Waals surface area contributed by atoms with Gasteiger partial charge in [-0.05, 0) is 64.3 Å².